The first kappa shape index (κ1) is 17.7. The lowest BCUT2D eigenvalue weighted by Crippen LogP contribution is -2.19. The number of ether oxygens (including phenoxy) is 2. The van der Waals surface area contributed by atoms with Gasteiger partial charge in [0.1, 0.15) is 18.9 Å². The van der Waals surface area contributed by atoms with Crippen LogP contribution in [0, 0.1) is 10.1 Å². The van der Waals surface area contributed by atoms with Crippen molar-refractivity contribution < 1.29 is 19.2 Å². The molecule has 2 aromatic rings. The molecule has 0 unspecified atom stereocenters. The van der Waals surface area contributed by atoms with Crippen LogP contribution in [0.3, 0.4) is 0 Å². The second-order valence-electron chi connectivity index (χ2n) is 6.99. The molecule has 2 heterocycles. The zero-order valence-corrected chi connectivity index (χ0v) is 15.0. The number of amides is 1. The van der Waals surface area contributed by atoms with Gasteiger partial charge in [0, 0.05) is 24.2 Å². The molecule has 1 aromatic carbocycles. The number of rotatable bonds is 3. The van der Waals surface area contributed by atoms with Crippen molar-refractivity contribution in [2.24, 2.45) is 7.05 Å². The lowest BCUT2D eigenvalue weighted by Gasteiger charge is -2.19. The summed E-state index contributed by atoms with van der Waals surface area (Å²) in [5.41, 5.74) is -0.246. The number of hydrogen-bond acceptors (Lipinski definition) is 6. The third-order valence-corrected chi connectivity index (χ3v) is 3.93. The number of aryl methyl sites for hydroxylation is 1. The molecule has 1 aliphatic rings. The average molecular weight is 360 g/mol. The number of nitrogens with one attached hydrogen (secondary N) is 1. The van der Waals surface area contributed by atoms with Gasteiger partial charge in [0.25, 0.3) is 5.91 Å². The standard InChI is InChI=1S/C17H20N4O5/c1-17(2,3)15-13(21(23)24)14(20(4)19-15)16(22)18-10-5-6-11-12(9-10)26-8-7-25-11/h5-6,9H,7-8H2,1-4H3,(H,18,22). The van der Waals surface area contributed by atoms with E-state index in [9.17, 15) is 14.9 Å². The van der Waals surface area contributed by atoms with Crippen LogP contribution in [0.25, 0.3) is 0 Å². The summed E-state index contributed by atoms with van der Waals surface area (Å²) < 4.78 is 12.2. The van der Waals surface area contributed by atoms with Gasteiger partial charge in [0.2, 0.25) is 5.69 Å². The first-order valence-corrected chi connectivity index (χ1v) is 8.11. The number of nitrogens with zero attached hydrogens (tertiary/aromatic N) is 3. The van der Waals surface area contributed by atoms with Gasteiger partial charge in [-0.2, -0.15) is 5.10 Å². The fourth-order valence-corrected chi connectivity index (χ4v) is 2.76. The van der Waals surface area contributed by atoms with Crippen molar-refractivity contribution in [3.8, 4) is 11.5 Å². The maximum absolute atomic E-state index is 12.7. The molecule has 9 nitrogen and oxygen atoms in total. The van der Waals surface area contributed by atoms with E-state index < -0.39 is 16.2 Å². The van der Waals surface area contributed by atoms with E-state index in [0.29, 0.717) is 30.4 Å². The molecule has 0 saturated heterocycles. The predicted octanol–water partition coefficient (Wildman–Crippen LogP) is 2.65. The van der Waals surface area contributed by atoms with E-state index in [-0.39, 0.29) is 17.1 Å². The zero-order valence-electron chi connectivity index (χ0n) is 15.0. The van der Waals surface area contributed by atoms with E-state index in [2.05, 4.69) is 10.4 Å². The molecule has 0 aliphatic carbocycles. The second-order valence-corrected chi connectivity index (χ2v) is 6.99. The van der Waals surface area contributed by atoms with Crippen LogP contribution in [0.1, 0.15) is 37.0 Å². The fourth-order valence-electron chi connectivity index (χ4n) is 2.76. The molecule has 1 aromatic heterocycles. The van der Waals surface area contributed by atoms with Gasteiger partial charge >= 0.3 is 5.69 Å². The minimum absolute atomic E-state index is 0.102. The summed E-state index contributed by atoms with van der Waals surface area (Å²) in [7, 11) is 1.51. The molecule has 0 fully saturated rings. The maximum atomic E-state index is 12.7. The summed E-state index contributed by atoms with van der Waals surface area (Å²) in [6.45, 7) is 6.32. The first-order chi connectivity index (χ1) is 12.2. The minimum atomic E-state index is -0.612. The molecular weight excluding hydrogens is 340 g/mol. The topological polar surface area (TPSA) is 109 Å². The highest BCUT2D eigenvalue weighted by molar-refractivity contribution is 6.06. The predicted molar refractivity (Wildman–Crippen MR) is 93.9 cm³/mol. The van der Waals surface area contributed by atoms with Crippen LogP contribution in [0.4, 0.5) is 11.4 Å². The number of carbonyl (C=O) groups excluding carboxylic acids is 1. The normalized spacial score (nSPS) is 13.4. The Morgan fingerprint density at radius 1 is 1.27 bits per heavy atom. The highest BCUT2D eigenvalue weighted by Crippen LogP contribution is 2.35. The molecule has 0 spiro atoms. The summed E-state index contributed by atoms with van der Waals surface area (Å²) in [4.78, 5) is 23.7. The lowest BCUT2D eigenvalue weighted by atomic mass is 9.91. The Kier molecular flexibility index (Phi) is 4.31. The second kappa shape index (κ2) is 6.32. The molecule has 0 saturated carbocycles. The van der Waals surface area contributed by atoms with E-state index in [1.807, 2.05) is 20.8 Å². The fraction of sp³-hybridized carbons (Fsp3) is 0.412. The number of fused-ring (bicyclic) bond motifs is 1. The van der Waals surface area contributed by atoms with Crippen molar-refractivity contribution in [3.05, 3.63) is 39.7 Å². The summed E-state index contributed by atoms with van der Waals surface area (Å²) in [5, 5.41) is 18.5. The third kappa shape index (κ3) is 3.19. The number of nitro groups is 1. The summed E-state index contributed by atoms with van der Waals surface area (Å²) in [6.07, 6.45) is 0. The smallest absolute Gasteiger partial charge is 0.323 e. The van der Waals surface area contributed by atoms with Crippen LogP contribution in [-0.2, 0) is 12.5 Å². The van der Waals surface area contributed by atoms with Crippen molar-refractivity contribution in [2.45, 2.75) is 26.2 Å². The highest BCUT2D eigenvalue weighted by atomic mass is 16.6. The number of hydrogen-bond donors (Lipinski definition) is 1. The Morgan fingerprint density at radius 3 is 2.54 bits per heavy atom. The number of benzene rings is 1. The van der Waals surface area contributed by atoms with Crippen LogP contribution in [0.2, 0.25) is 0 Å². The summed E-state index contributed by atoms with van der Waals surface area (Å²) in [5.74, 6) is 0.499. The minimum Gasteiger partial charge on any atom is -0.486 e. The molecule has 3 rings (SSSR count). The largest absolute Gasteiger partial charge is 0.486 e. The van der Waals surface area contributed by atoms with Crippen LogP contribution in [-0.4, -0.2) is 33.8 Å². The molecule has 26 heavy (non-hydrogen) atoms. The quantitative estimate of drug-likeness (QED) is 0.666. The first-order valence-electron chi connectivity index (χ1n) is 8.11. The van der Waals surface area contributed by atoms with Gasteiger partial charge in [-0.1, -0.05) is 20.8 Å². The molecule has 1 N–H and O–H groups in total. The third-order valence-electron chi connectivity index (χ3n) is 3.93. The van der Waals surface area contributed by atoms with Crippen LogP contribution in [0.15, 0.2) is 18.2 Å². The van der Waals surface area contributed by atoms with Gasteiger partial charge in [-0.05, 0) is 12.1 Å². The number of carbonyl (C=O) groups is 1. The van der Waals surface area contributed by atoms with Crippen molar-refractivity contribution in [1.82, 2.24) is 9.78 Å². The lowest BCUT2D eigenvalue weighted by molar-refractivity contribution is -0.386. The number of aromatic nitrogens is 2. The Morgan fingerprint density at radius 2 is 1.92 bits per heavy atom. The van der Waals surface area contributed by atoms with Gasteiger partial charge in [0.05, 0.1) is 4.92 Å². The molecule has 0 bridgehead atoms. The molecule has 138 valence electrons. The Bertz CT molecular complexity index is 882. The van der Waals surface area contributed by atoms with Gasteiger partial charge in [0.15, 0.2) is 11.5 Å². The van der Waals surface area contributed by atoms with Crippen LogP contribution in [0.5, 0.6) is 11.5 Å². The molecule has 1 aliphatic heterocycles. The zero-order chi connectivity index (χ0) is 19.1. The summed E-state index contributed by atoms with van der Waals surface area (Å²) in [6, 6.07) is 4.96. The molecule has 0 atom stereocenters. The Balaban J connectivity index is 1.95. The molecular formula is C17H20N4O5. The SMILES string of the molecule is Cn1nc(C(C)(C)C)c([N+](=O)[O-])c1C(=O)Nc1ccc2c(c1)OCCO2. The van der Waals surface area contributed by atoms with Crippen molar-refractivity contribution in [1.29, 1.82) is 0 Å². The van der Waals surface area contributed by atoms with Crippen LogP contribution < -0.4 is 14.8 Å². The van der Waals surface area contributed by atoms with Gasteiger partial charge in [-0.15, -0.1) is 0 Å². The average Bonchev–Trinajstić information content (AvgIpc) is 2.92. The van der Waals surface area contributed by atoms with E-state index in [1.165, 1.54) is 11.7 Å². The maximum Gasteiger partial charge on any atom is 0.323 e. The summed E-state index contributed by atoms with van der Waals surface area (Å²) >= 11 is 0. The molecule has 1 amide bonds. The van der Waals surface area contributed by atoms with E-state index >= 15 is 0 Å². The van der Waals surface area contributed by atoms with Crippen molar-refractivity contribution in [2.75, 3.05) is 18.5 Å². The van der Waals surface area contributed by atoms with Crippen LogP contribution >= 0.6 is 0 Å². The Hall–Kier alpha value is -3.10. The number of anilines is 1. The van der Waals surface area contributed by atoms with Gasteiger partial charge < -0.3 is 14.8 Å². The monoisotopic (exact) mass is 360 g/mol. The van der Waals surface area contributed by atoms with Crippen molar-refractivity contribution in [3.63, 3.8) is 0 Å². The molecule has 0 radical (unpaired) electrons. The molecule has 9 heteroatoms. The van der Waals surface area contributed by atoms with Gasteiger partial charge in [-0.3, -0.25) is 19.6 Å². The van der Waals surface area contributed by atoms with E-state index in [4.69, 9.17) is 9.47 Å². The Labute approximate surface area is 150 Å². The van der Waals surface area contributed by atoms with Gasteiger partial charge in [-0.25, -0.2) is 0 Å². The van der Waals surface area contributed by atoms with E-state index in [1.54, 1.807) is 18.2 Å². The van der Waals surface area contributed by atoms with E-state index in [0.717, 1.165) is 0 Å². The van der Waals surface area contributed by atoms with Crippen molar-refractivity contribution >= 4 is 17.3 Å². The highest BCUT2D eigenvalue weighted by Gasteiger charge is 2.36.